The van der Waals surface area contributed by atoms with Gasteiger partial charge in [0.2, 0.25) is 5.78 Å². The van der Waals surface area contributed by atoms with Crippen LogP contribution in [-0.2, 0) is 6.42 Å². The molecule has 29 heavy (non-hydrogen) atoms. The van der Waals surface area contributed by atoms with Crippen molar-refractivity contribution >= 4 is 11.6 Å². The molecule has 1 aliphatic rings. The summed E-state index contributed by atoms with van der Waals surface area (Å²) in [5.41, 5.74) is 1.51. The van der Waals surface area contributed by atoms with Crippen LogP contribution >= 0.6 is 0 Å². The van der Waals surface area contributed by atoms with Crippen LogP contribution in [0.2, 0.25) is 0 Å². The number of phenols is 2. The van der Waals surface area contributed by atoms with Gasteiger partial charge in [-0.15, -0.1) is 0 Å². The van der Waals surface area contributed by atoms with Crippen molar-refractivity contribution in [2.24, 2.45) is 0 Å². The number of carbonyl (C=O) groups is 2. The van der Waals surface area contributed by atoms with E-state index in [4.69, 9.17) is 9.47 Å². The molecule has 3 aromatic carbocycles. The second kappa shape index (κ2) is 6.98. The molecule has 0 fully saturated rings. The summed E-state index contributed by atoms with van der Waals surface area (Å²) < 4.78 is 10.7. The Morgan fingerprint density at radius 1 is 0.793 bits per heavy atom. The van der Waals surface area contributed by atoms with Crippen LogP contribution in [0.4, 0.5) is 0 Å². The first-order valence-corrected chi connectivity index (χ1v) is 8.92. The van der Waals surface area contributed by atoms with Gasteiger partial charge < -0.3 is 19.7 Å². The molecule has 0 saturated carbocycles. The first kappa shape index (κ1) is 18.6. The van der Waals surface area contributed by atoms with Crippen molar-refractivity contribution in [1.82, 2.24) is 0 Å². The minimum absolute atomic E-state index is 0.0810. The topological polar surface area (TPSA) is 93.1 Å². The van der Waals surface area contributed by atoms with E-state index in [9.17, 15) is 19.8 Å². The molecule has 2 N–H and O–H groups in total. The van der Waals surface area contributed by atoms with Crippen molar-refractivity contribution in [2.75, 3.05) is 14.2 Å². The van der Waals surface area contributed by atoms with Gasteiger partial charge in [0, 0.05) is 23.1 Å². The number of benzene rings is 3. The molecule has 0 amide bonds. The van der Waals surface area contributed by atoms with Crippen LogP contribution < -0.4 is 9.47 Å². The number of fused-ring (bicyclic) bond motifs is 2. The highest BCUT2D eigenvalue weighted by Crippen LogP contribution is 2.38. The fraction of sp³-hybridized carbons (Fsp3) is 0.130. The van der Waals surface area contributed by atoms with Crippen LogP contribution in [0.25, 0.3) is 0 Å². The molecule has 4 rings (SSSR count). The van der Waals surface area contributed by atoms with Crippen molar-refractivity contribution in [3.05, 3.63) is 81.9 Å². The van der Waals surface area contributed by atoms with E-state index in [1.807, 2.05) is 6.07 Å². The van der Waals surface area contributed by atoms with Crippen molar-refractivity contribution < 1.29 is 29.3 Å². The number of carbonyl (C=O) groups excluding carboxylic acids is 2. The first-order chi connectivity index (χ1) is 13.9. The standard InChI is InChI=1S/C23H18O6/c1-28-14-6-7-19(29-2)13(11-14)8-12-9-16-21(18(25)10-12)23(27)20-15(22(16)26)4-3-5-17(20)24/h3-7,9-11,24-25H,8H2,1-2H3. The highest BCUT2D eigenvalue weighted by atomic mass is 16.5. The summed E-state index contributed by atoms with van der Waals surface area (Å²) in [6, 6.07) is 12.8. The van der Waals surface area contributed by atoms with E-state index in [0.29, 0.717) is 23.5 Å². The summed E-state index contributed by atoms with van der Waals surface area (Å²) in [6.07, 6.45) is 0.357. The zero-order chi connectivity index (χ0) is 20.7. The number of methoxy groups -OCH3 is 2. The van der Waals surface area contributed by atoms with Crippen molar-refractivity contribution in [3.63, 3.8) is 0 Å². The zero-order valence-electron chi connectivity index (χ0n) is 15.9. The van der Waals surface area contributed by atoms with Gasteiger partial charge in [-0.2, -0.15) is 0 Å². The normalized spacial score (nSPS) is 12.3. The van der Waals surface area contributed by atoms with E-state index in [-0.39, 0.29) is 33.8 Å². The summed E-state index contributed by atoms with van der Waals surface area (Å²) in [5.74, 6) is -0.280. The zero-order valence-corrected chi connectivity index (χ0v) is 15.9. The molecule has 0 atom stereocenters. The lowest BCUT2D eigenvalue weighted by Crippen LogP contribution is -2.21. The molecule has 0 heterocycles. The summed E-state index contributed by atoms with van der Waals surface area (Å²) >= 11 is 0. The van der Waals surface area contributed by atoms with Gasteiger partial charge in [-0.3, -0.25) is 9.59 Å². The van der Waals surface area contributed by atoms with Crippen LogP contribution in [0.1, 0.15) is 43.0 Å². The third-order valence-corrected chi connectivity index (χ3v) is 5.05. The molecule has 3 aromatic rings. The number of ether oxygens (including phenoxy) is 2. The summed E-state index contributed by atoms with van der Waals surface area (Å²) in [7, 11) is 3.12. The minimum Gasteiger partial charge on any atom is -0.507 e. The lowest BCUT2D eigenvalue weighted by atomic mass is 9.82. The maximum absolute atomic E-state index is 13.0. The van der Waals surface area contributed by atoms with E-state index < -0.39 is 11.6 Å². The molecule has 0 bridgehead atoms. The lowest BCUT2D eigenvalue weighted by Gasteiger charge is -2.20. The van der Waals surface area contributed by atoms with Crippen LogP contribution in [0.3, 0.4) is 0 Å². The third-order valence-electron chi connectivity index (χ3n) is 5.05. The smallest absolute Gasteiger partial charge is 0.201 e. The Kier molecular flexibility index (Phi) is 4.47. The average molecular weight is 390 g/mol. The molecule has 0 spiro atoms. The summed E-state index contributed by atoms with van der Waals surface area (Å²) in [5, 5.41) is 20.6. The SMILES string of the molecule is COc1ccc(OC)c(Cc2cc(O)c3c(c2)C(=O)c2cccc(O)c2C3=O)c1. The Labute approximate surface area is 167 Å². The van der Waals surface area contributed by atoms with Crippen LogP contribution in [0.5, 0.6) is 23.0 Å². The number of hydrogen-bond acceptors (Lipinski definition) is 6. The largest absolute Gasteiger partial charge is 0.507 e. The predicted octanol–water partition coefficient (Wildman–Crippen LogP) is 3.48. The second-order valence-electron chi connectivity index (χ2n) is 6.75. The number of ketones is 2. The molecular weight excluding hydrogens is 372 g/mol. The Balaban J connectivity index is 1.81. The highest BCUT2D eigenvalue weighted by Gasteiger charge is 2.34. The number of aromatic hydroxyl groups is 2. The Hall–Kier alpha value is -3.80. The predicted molar refractivity (Wildman–Crippen MR) is 105 cm³/mol. The summed E-state index contributed by atoms with van der Waals surface area (Å²) in [4.78, 5) is 25.8. The molecule has 146 valence electrons. The molecule has 0 saturated heterocycles. The van der Waals surface area contributed by atoms with Gasteiger partial charge in [0.25, 0.3) is 0 Å². The molecular formula is C23H18O6. The minimum atomic E-state index is -0.573. The second-order valence-corrected chi connectivity index (χ2v) is 6.75. The molecule has 6 heteroatoms. The Morgan fingerprint density at radius 3 is 2.28 bits per heavy atom. The quantitative estimate of drug-likeness (QED) is 0.554. The summed E-state index contributed by atoms with van der Waals surface area (Å²) in [6.45, 7) is 0. The third kappa shape index (κ3) is 2.99. The van der Waals surface area contributed by atoms with E-state index in [1.54, 1.807) is 32.4 Å². The van der Waals surface area contributed by atoms with Gasteiger partial charge in [0.1, 0.15) is 23.0 Å². The Bertz CT molecular complexity index is 1160. The van der Waals surface area contributed by atoms with Gasteiger partial charge in [0.15, 0.2) is 5.78 Å². The van der Waals surface area contributed by atoms with E-state index in [0.717, 1.165) is 5.56 Å². The molecule has 1 aliphatic carbocycles. The maximum Gasteiger partial charge on any atom is 0.201 e. The van der Waals surface area contributed by atoms with E-state index >= 15 is 0 Å². The van der Waals surface area contributed by atoms with Crippen LogP contribution in [0.15, 0.2) is 48.5 Å². The van der Waals surface area contributed by atoms with Gasteiger partial charge in [-0.25, -0.2) is 0 Å². The molecule has 0 radical (unpaired) electrons. The molecule has 6 nitrogen and oxygen atoms in total. The van der Waals surface area contributed by atoms with Gasteiger partial charge in [-0.1, -0.05) is 12.1 Å². The molecule has 0 aliphatic heterocycles. The molecule has 0 aromatic heterocycles. The van der Waals surface area contributed by atoms with Gasteiger partial charge >= 0.3 is 0 Å². The number of phenolic OH excluding ortho intramolecular Hbond substituents is 2. The van der Waals surface area contributed by atoms with Crippen molar-refractivity contribution in [1.29, 1.82) is 0 Å². The van der Waals surface area contributed by atoms with Gasteiger partial charge in [0.05, 0.1) is 25.3 Å². The van der Waals surface area contributed by atoms with Crippen molar-refractivity contribution in [3.8, 4) is 23.0 Å². The fourth-order valence-electron chi connectivity index (χ4n) is 3.68. The van der Waals surface area contributed by atoms with E-state index in [1.165, 1.54) is 24.3 Å². The van der Waals surface area contributed by atoms with Crippen LogP contribution in [0, 0.1) is 0 Å². The maximum atomic E-state index is 13.0. The van der Waals surface area contributed by atoms with Crippen molar-refractivity contribution in [2.45, 2.75) is 6.42 Å². The highest BCUT2D eigenvalue weighted by molar-refractivity contribution is 6.30. The fourth-order valence-corrected chi connectivity index (χ4v) is 3.68. The van der Waals surface area contributed by atoms with Gasteiger partial charge in [-0.05, 0) is 42.0 Å². The molecule has 0 unspecified atom stereocenters. The van der Waals surface area contributed by atoms with Crippen LogP contribution in [-0.4, -0.2) is 36.0 Å². The van der Waals surface area contributed by atoms with E-state index in [2.05, 4.69) is 0 Å². The monoisotopic (exact) mass is 390 g/mol. The Morgan fingerprint density at radius 2 is 1.55 bits per heavy atom. The number of hydrogen-bond donors (Lipinski definition) is 2. The number of rotatable bonds is 4. The first-order valence-electron chi connectivity index (χ1n) is 8.92. The average Bonchev–Trinajstić information content (AvgIpc) is 2.71. The lowest BCUT2D eigenvalue weighted by molar-refractivity contribution is 0.0974.